The summed E-state index contributed by atoms with van der Waals surface area (Å²) in [7, 11) is 4.45. The van der Waals surface area contributed by atoms with Crippen LogP contribution in [0.5, 0.6) is 17.2 Å². The van der Waals surface area contributed by atoms with Crippen molar-refractivity contribution in [1.29, 1.82) is 0 Å². The number of ether oxygens (including phenoxy) is 4. The van der Waals surface area contributed by atoms with Crippen molar-refractivity contribution < 1.29 is 28.1 Å². The first-order valence-corrected chi connectivity index (χ1v) is 9.50. The lowest BCUT2D eigenvalue weighted by Crippen LogP contribution is -2.42. The van der Waals surface area contributed by atoms with Crippen LogP contribution in [0, 0.1) is 5.82 Å². The Bertz CT molecular complexity index is 899. The Kier molecular flexibility index (Phi) is 6.72. The largest absolute Gasteiger partial charge is 0.493 e. The summed E-state index contributed by atoms with van der Waals surface area (Å²) in [5.74, 6) is 0.311. The number of nitrogens with zero attached hydrogens (tertiary/aromatic N) is 1. The molecule has 1 heterocycles. The molecule has 1 aliphatic rings. The topological polar surface area (TPSA) is 57.2 Å². The molecule has 0 aliphatic carbocycles. The number of hydrogen-bond donors (Lipinski definition) is 0. The van der Waals surface area contributed by atoms with Gasteiger partial charge in [-0.25, -0.2) is 4.39 Å². The highest BCUT2D eigenvalue weighted by atomic mass is 35.5. The molecule has 0 unspecified atom stereocenters. The molecule has 1 atom stereocenters. The smallest absolute Gasteiger partial charge is 0.254 e. The molecular weight excluding hydrogens is 424 g/mol. The lowest BCUT2D eigenvalue weighted by Gasteiger charge is -2.33. The number of halogens is 3. The fourth-order valence-corrected chi connectivity index (χ4v) is 3.70. The van der Waals surface area contributed by atoms with Gasteiger partial charge >= 0.3 is 0 Å². The van der Waals surface area contributed by atoms with Gasteiger partial charge in [0.05, 0.1) is 39.5 Å². The standard InChI is InChI=1S/C20H20Cl2FNO5/c1-26-16-6-11(7-17(27-2)19(16)28-3)20(25)24-4-5-29-18(10-24)12-8-15(23)14(22)9-13(12)21/h6-9,18H,4-5,10H2,1-3H3/t18-/m1/s1. The van der Waals surface area contributed by atoms with E-state index in [4.69, 9.17) is 42.1 Å². The first-order chi connectivity index (χ1) is 13.9. The van der Waals surface area contributed by atoms with Crippen LogP contribution in [0.25, 0.3) is 0 Å². The molecule has 0 spiro atoms. The quantitative estimate of drug-likeness (QED) is 0.642. The summed E-state index contributed by atoms with van der Waals surface area (Å²) < 4.78 is 35.6. The molecule has 29 heavy (non-hydrogen) atoms. The molecule has 6 nitrogen and oxygen atoms in total. The van der Waals surface area contributed by atoms with E-state index >= 15 is 0 Å². The highest BCUT2D eigenvalue weighted by Crippen LogP contribution is 2.39. The fourth-order valence-electron chi connectivity index (χ4n) is 3.19. The summed E-state index contributed by atoms with van der Waals surface area (Å²) in [6.07, 6.45) is -0.575. The molecule has 0 bridgehead atoms. The van der Waals surface area contributed by atoms with Crippen molar-refractivity contribution in [3.63, 3.8) is 0 Å². The molecule has 0 radical (unpaired) electrons. The van der Waals surface area contributed by atoms with Crippen LogP contribution in [0.15, 0.2) is 24.3 Å². The van der Waals surface area contributed by atoms with Crippen LogP contribution < -0.4 is 14.2 Å². The zero-order valence-corrected chi connectivity index (χ0v) is 17.6. The zero-order valence-electron chi connectivity index (χ0n) is 16.1. The number of carbonyl (C=O) groups is 1. The molecule has 0 saturated carbocycles. The second-order valence-corrected chi connectivity index (χ2v) is 7.13. The third-order valence-electron chi connectivity index (χ3n) is 4.65. The van der Waals surface area contributed by atoms with Gasteiger partial charge < -0.3 is 23.8 Å². The van der Waals surface area contributed by atoms with Gasteiger partial charge in [0.25, 0.3) is 5.91 Å². The minimum Gasteiger partial charge on any atom is -0.493 e. The van der Waals surface area contributed by atoms with Crippen LogP contribution in [0.1, 0.15) is 22.0 Å². The average molecular weight is 444 g/mol. The molecule has 1 amide bonds. The Morgan fingerprint density at radius 1 is 1.07 bits per heavy atom. The molecular formula is C20H20Cl2FNO5. The predicted octanol–water partition coefficient (Wildman–Crippen LogP) is 4.37. The third-order valence-corrected chi connectivity index (χ3v) is 5.27. The SMILES string of the molecule is COc1cc(C(=O)N2CCO[C@@H](c3cc(F)c(Cl)cc3Cl)C2)cc(OC)c1OC. The molecule has 1 fully saturated rings. The van der Waals surface area contributed by atoms with Crippen molar-refractivity contribution in [2.24, 2.45) is 0 Å². The summed E-state index contributed by atoms with van der Waals surface area (Å²) in [5.41, 5.74) is 0.810. The molecule has 1 aliphatic heterocycles. The lowest BCUT2D eigenvalue weighted by molar-refractivity contribution is -0.0229. The average Bonchev–Trinajstić information content (AvgIpc) is 2.74. The Morgan fingerprint density at radius 3 is 2.31 bits per heavy atom. The summed E-state index contributed by atoms with van der Waals surface area (Å²) >= 11 is 12.0. The van der Waals surface area contributed by atoms with Crippen molar-refractivity contribution in [2.45, 2.75) is 6.10 Å². The minimum atomic E-state index is -0.595. The Balaban J connectivity index is 1.88. The summed E-state index contributed by atoms with van der Waals surface area (Å²) in [6.45, 7) is 0.859. The number of benzene rings is 2. The Labute approximate surface area is 178 Å². The molecule has 3 rings (SSSR count). The van der Waals surface area contributed by atoms with Crippen LogP contribution in [0.2, 0.25) is 10.0 Å². The second-order valence-electron chi connectivity index (χ2n) is 6.31. The number of methoxy groups -OCH3 is 3. The van der Waals surface area contributed by atoms with Crippen LogP contribution in [-0.4, -0.2) is 51.8 Å². The maximum Gasteiger partial charge on any atom is 0.254 e. The van der Waals surface area contributed by atoms with Gasteiger partial charge in [0.1, 0.15) is 11.9 Å². The summed E-state index contributed by atoms with van der Waals surface area (Å²) in [5, 5.41) is 0.211. The lowest BCUT2D eigenvalue weighted by atomic mass is 10.1. The third kappa shape index (κ3) is 4.37. The van der Waals surface area contributed by atoms with Gasteiger partial charge in [-0.3, -0.25) is 4.79 Å². The molecule has 2 aromatic rings. The number of morpholine rings is 1. The van der Waals surface area contributed by atoms with E-state index in [0.717, 1.165) is 0 Å². The molecule has 156 valence electrons. The highest BCUT2D eigenvalue weighted by molar-refractivity contribution is 6.35. The molecule has 0 N–H and O–H groups in total. The van der Waals surface area contributed by atoms with Crippen LogP contribution >= 0.6 is 23.2 Å². The molecule has 9 heteroatoms. The van der Waals surface area contributed by atoms with Crippen LogP contribution in [0.3, 0.4) is 0 Å². The van der Waals surface area contributed by atoms with Crippen molar-refractivity contribution >= 4 is 29.1 Å². The first-order valence-electron chi connectivity index (χ1n) is 8.74. The number of hydrogen-bond acceptors (Lipinski definition) is 5. The second kappa shape index (κ2) is 9.07. The van der Waals surface area contributed by atoms with Crippen molar-refractivity contribution in [3.8, 4) is 17.2 Å². The van der Waals surface area contributed by atoms with Crippen LogP contribution in [0.4, 0.5) is 4.39 Å². The van der Waals surface area contributed by atoms with E-state index in [2.05, 4.69) is 0 Å². The summed E-state index contributed by atoms with van der Waals surface area (Å²) in [4.78, 5) is 14.7. The van der Waals surface area contributed by atoms with E-state index < -0.39 is 11.9 Å². The van der Waals surface area contributed by atoms with Crippen LogP contribution in [-0.2, 0) is 4.74 Å². The van der Waals surface area contributed by atoms with Crippen molar-refractivity contribution in [2.75, 3.05) is 41.0 Å². The van der Waals surface area contributed by atoms with E-state index in [1.54, 1.807) is 17.0 Å². The minimum absolute atomic E-state index is 0.0695. The molecule has 0 aromatic heterocycles. The van der Waals surface area contributed by atoms with E-state index in [-0.39, 0.29) is 29.1 Å². The van der Waals surface area contributed by atoms with Gasteiger partial charge in [0.2, 0.25) is 5.75 Å². The van der Waals surface area contributed by atoms with Gasteiger partial charge in [-0.05, 0) is 24.3 Å². The van der Waals surface area contributed by atoms with Gasteiger partial charge in [0, 0.05) is 22.7 Å². The van der Waals surface area contributed by atoms with Gasteiger partial charge in [-0.15, -0.1) is 0 Å². The van der Waals surface area contributed by atoms with E-state index in [1.807, 2.05) is 0 Å². The molecule has 1 saturated heterocycles. The fraction of sp³-hybridized carbons (Fsp3) is 0.350. The molecule has 2 aromatic carbocycles. The Hall–Kier alpha value is -2.22. The van der Waals surface area contributed by atoms with Gasteiger partial charge in [-0.1, -0.05) is 23.2 Å². The monoisotopic (exact) mass is 443 g/mol. The number of carbonyl (C=O) groups excluding carboxylic acids is 1. The zero-order chi connectivity index (χ0) is 21.1. The van der Waals surface area contributed by atoms with E-state index in [9.17, 15) is 9.18 Å². The maximum absolute atomic E-state index is 13.9. The van der Waals surface area contributed by atoms with E-state index in [1.165, 1.54) is 33.5 Å². The van der Waals surface area contributed by atoms with Crippen molar-refractivity contribution in [3.05, 3.63) is 51.3 Å². The van der Waals surface area contributed by atoms with Crippen molar-refractivity contribution in [1.82, 2.24) is 4.90 Å². The number of rotatable bonds is 5. The first kappa shape index (κ1) is 21.5. The normalized spacial score (nSPS) is 16.5. The maximum atomic E-state index is 13.9. The predicted molar refractivity (Wildman–Crippen MR) is 107 cm³/mol. The van der Waals surface area contributed by atoms with E-state index in [0.29, 0.717) is 34.9 Å². The van der Waals surface area contributed by atoms with Gasteiger partial charge in [-0.2, -0.15) is 0 Å². The highest BCUT2D eigenvalue weighted by Gasteiger charge is 2.29. The summed E-state index contributed by atoms with van der Waals surface area (Å²) in [6, 6.07) is 5.74. The Morgan fingerprint density at radius 2 is 1.72 bits per heavy atom. The van der Waals surface area contributed by atoms with Gasteiger partial charge in [0.15, 0.2) is 11.5 Å². The number of amides is 1.